The molecule has 0 radical (unpaired) electrons. The second-order valence-corrected chi connectivity index (χ2v) is 4.74. The van der Waals surface area contributed by atoms with Crippen LogP contribution in [0.4, 0.5) is 0 Å². The molecule has 1 aliphatic rings. The number of carbonyl (C=O) groups is 1. The lowest BCUT2D eigenvalue weighted by Crippen LogP contribution is -2.41. The molecule has 4 heteroatoms. The van der Waals surface area contributed by atoms with Crippen LogP contribution in [0.5, 0.6) is 0 Å². The van der Waals surface area contributed by atoms with Crippen LogP contribution in [0.1, 0.15) is 33.1 Å². The maximum Gasteiger partial charge on any atom is 0.221 e. The molecule has 94 valence electrons. The van der Waals surface area contributed by atoms with Crippen molar-refractivity contribution in [3.63, 3.8) is 0 Å². The summed E-state index contributed by atoms with van der Waals surface area (Å²) in [5.41, 5.74) is 5.89. The molecule has 1 unspecified atom stereocenters. The van der Waals surface area contributed by atoms with Gasteiger partial charge >= 0.3 is 0 Å². The van der Waals surface area contributed by atoms with Gasteiger partial charge in [-0.2, -0.15) is 0 Å². The molecule has 16 heavy (non-hydrogen) atoms. The molecule has 3 N–H and O–H groups in total. The quantitative estimate of drug-likeness (QED) is 0.722. The molecule has 0 bridgehead atoms. The molecule has 1 rings (SSSR count). The van der Waals surface area contributed by atoms with E-state index in [1.807, 2.05) is 6.92 Å². The highest BCUT2D eigenvalue weighted by atomic mass is 16.1. The molecule has 0 saturated carbocycles. The Morgan fingerprint density at radius 2 is 2.12 bits per heavy atom. The number of nitrogens with zero attached hydrogens (tertiary/aromatic N) is 1. The minimum Gasteiger partial charge on any atom is -0.356 e. The Kier molecular flexibility index (Phi) is 5.77. The van der Waals surface area contributed by atoms with Gasteiger partial charge in [0.25, 0.3) is 0 Å². The van der Waals surface area contributed by atoms with Gasteiger partial charge < -0.3 is 16.0 Å². The fourth-order valence-corrected chi connectivity index (χ4v) is 2.25. The lowest BCUT2D eigenvalue weighted by atomic mass is 9.91. The Balaban J connectivity index is 2.15. The van der Waals surface area contributed by atoms with E-state index in [-0.39, 0.29) is 5.91 Å². The van der Waals surface area contributed by atoms with Crippen molar-refractivity contribution in [1.29, 1.82) is 0 Å². The minimum atomic E-state index is 0.164. The van der Waals surface area contributed by atoms with E-state index < -0.39 is 0 Å². The number of carbonyl (C=O) groups excluding carboxylic acids is 1. The Labute approximate surface area is 98.6 Å². The van der Waals surface area contributed by atoms with Gasteiger partial charge in [0.05, 0.1) is 0 Å². The van der Waals surface area contributed by atoms with Crippen molar-refractivity contribution in [1.82, 2.24) is 10.2 Å². The second-order valence-electron chi connectivity index (χ2n) is 4.74. The Morgan fingerprint density at radius 3 is 2.62 bits per heavy atom. The van der Waals surface area contributed by atoms with E-state index in [2.05, 4.69) is 17.1 Å². The van der Waals surface area contributed by atoms with Crippen LogP contribution >= 0.6 is 0 Å². The highest BCUT2D eigenvalue weighted by Crippen LogP contribution is 2.19. The van der Waals surface area contributed by atoms with E-state index >= 15 is 0 Å². The highest BCUT2D eigenvalue weighted by molar-refractivity contribution is 5.75. The maximum atomic E-state index is 11.3. The van der Waals surface area contributed by atoms with Gasteiger partial charge in [-0.1, -0.05) is 0 Å². The standard InChI is InChI=1S/C12H25N3O/c1-3-14-12(16)6-9-15-7-4-11(5-8-15)10(2)13/h10-11H,3-9,13H2,1-2H3,(H,14,16). The van der Waals surface area contributed by atoms with Gasteiger partial charge in [0, 0.05) is 25.6 Å². The van der Waals surface area contributed by atoms with Crippen molar-refractivity contribution in [3.8, 4) is 0 Å². The largest absolute Gasteiger partial charge is 0.356 e. The average Bonchev–Trinajstić information content (AvgIpc) is 2.27. The molecule has 1 amide bonds. The minimum absolute atomic E-state index is 0.164. The van der Waals surface area contributed by atoms with Gasteiger partial charge in [-0.25, -0.2) is 0 Å². The lowest BCUT2D eigenvalue weighted by molar-refractivity contribution is -0.121. The van der Waals surface area contributed by atoms with Gasteiger partial charge in [0.15, 0.2) is 0 Å². The molecule has 1 aliphatic heterocycles. The fourth-order valence-electron chi connectivity index (χ4n) is 2.25. The first-order valence-electron chi connectivity index (χ1n) is 6.38. The third-order valence-corrected chi connectivity index (χ3v) is 3.40. The summed E-state index contributed by atoms with van der Waals surface area (Å²) in [5.74, 6) is 0.831. The van der Waals surface area contributed by atoms with E-state index in [1.165, 1.54) is 12.8 Å². The third kappa shape index (κ3) is 4.49. The summed E-state index contributed by atoms with van der Waals surface area (Å²) in [7, 11) is 0. The SMILES string of the molecule is CCNC(=O)CCN1CCC(C(C)N)CC1. The molecule has 1 saturated heterocycles. The van der Waals surface area contributed by atoms with E-state index in [4.69, 9.17) is 5.73 Å². The van der Waals surface area contributed by atoms with Crippen LogP contribution in [0.25, 0.3) is 0 Å². The molecule has 0 aromatic rings. The fraction of sp³-hybridized carbons (Fsp3) is 0.917. The normalized spacial score (nSPS) is 20.7. The van der Waals surface area contributed by atoms with Crippen LogP contribution in [-0.4, -0.2) is 43.0 Å². The number of amides is 1. The Hall–Kier alpha value is -0.610. The average molecular weight is 227 g/mol. The van der Waals surface area contributed by atoms with Crippen LogP contribution < -0.4 is 11.1 Å². The monoisotopic (exact) mass is 227 g/mol. The summed E-state index contributed by atoms with van der Waals surface area (Å²) in [5, 5.41) is 2.83. The van der Waals surface area contributed by atoms with Crippen molar-refractivity contribution < 1.29 is 4.79 Å². The van der Waals surface area contributed by atoms with Gasteiger partial charge in [-0.05, 0) is 45.7 Å². The van der Waals surface area contributed by atoms with Crippen LogP contribution in [-0.2, 0) is 4.79 Å². The van der Waals surface area contributed by atoms with Crippen molar-refractivity contribution in [2.75, 3.05) is 26.2 Å². The molecular formula is C12H25N3O. The molecule has 1 atom stereocenters. The zero-order valence-corrected chi connectivity index (χ0v) is 10.5. The van der Waals surface area contributed by atoms with Crippen LogP contribution in [0.3, 0.4) is 0 Å². The molecule has 1 heterocycles. The Morgan fingerprint density at radius 1 is 1.50 bits per heavy atom. The maximum absolute atomic E-state index is 11.3. The van der Waals surface area contributed by atoms with Crippen molar-refractivity contribution in [2.24, 2.45) is 11.7 Å². The Bertz CT molecular complexity index is 210. The van der Waals surface area contributed by atoms with E-state index in [1.54, 1.807) is 0 Å². The van der Waals surface area contributed by atoms with E-state index in [9.17, 15) is 4.79 Å². The number of hydrogen-bond acceptors (Lipinski definition) is 3. The van der Waals surface area contributed by atoms with Gasteiger partial charge in [0.2, 0.25) is 5.91 Å². The number of rotatable bonds is 5. The third-order valence-electron chi connectivity index (χ3n) is 3.40. The van der Waals surface area contributed by atoms with Crippen molar-refractivity contribution in [2.45, 2.75) is 39.2 Å². The van der Waals surface area contributed by atoms with E-state index in [0.717, 1.165) is 26.2 Å². The molecule has 0 aromatic heterocycles. The van der Waals surface area contributed by atoms with Crippen LogP contribution in [0, 0.1) is 5.92 Å². The summed E-state index contributed by atoms with van der Waals surface area (Å²) in [4.78, 5) is 13.7. The molecule has 1 fully saturated rings. The second kappa shape index (κ2) is 6.86. The van der Waals surface area contributed by atoms with Crippen molar-refractivity contribution in [3.05, 3.63) is 0 Å². The first-order valence-corrected chi connectivity index (χ1v) is 6.38. The zero-order chi connectivity index (χ0) is 12.0. The molecule has 4 nitrogen and oxygen atoms in total. The molecule has 0 aliphatic carbocycles. The summed E-state index contributed by atoms with van der Waals surface area (Å²) >= 11 is 0. The number of nitrogens with one attached hydrogen (secondary N) is 1. The first kappa shape index (κ1) is 13.5. The first-order chi connectivity index (χ1) is 7.63. The number of likely N-dealkylation sites (tertiary alicyclic amines) is 1. The zero-order valence-electron chi connectivity index (χ0n) is 10.5. The smallest absolute Gasteiger partial charge is 0.221 e. The number of nitrogens with two attached hydrogens (primary N) is 1. The van der Waals surface area contributed by atoms with E-state index in [0.29, 0.717) is 18.4 Å². The van der Waals surface area contributed by atoms with Crippen LogP contribution in [0.15, 0.2) is 0 Å². The molecule has 0 aromatic carbocycles. The summed E-state index contributed by atoms with van der Waals surface area (Å²) in [6.07, 6.45) is 2.97. The number of piperidine rings is 1. The predicted octanol–water partition coefficient (Wildman–Crippen LogP) is 0.572. The predicted molar refractivity (Wildman–Crippen MR) is 66.1 cm³/mol. The van der Waals surface area contributed by atoms with Crippen LogP contribution in [0.2, 0.25) is 0 Å². The lowest BCUT2D eigenvalue weighted by Gasteiger charge is -2.33. The summed E-state index contributed by atoms with van der Waals surface area (Å²) in [6, 6.07) is 0.311. The van der Waals surface area contributed by atoms with Gasteiger partial charge in [0.1, 0.15) is 0 Å². The molecule has 0 spiro atoms. The highest BCUT2D eigenvalue weighted by Gasteiger charge is 2.21. The summed E-state index contributed by atoms with van der Waals surface area (Å²) < 4.78 is 0. The summed E-state index contributed by atoms with van der Waals surface area (Å²) in [6.45, 7) is 7.83. The molecular weight excluding hydrogens is 202 g/mol. The van der Waals surface area contributed by atoms with Crippen molar-refractivity contribution >= 4 is 5.91 Å². The topological polar surface area (TPSA) is 58.4 Å². The van der Waals surface area contributed by atoms with Gasteiger partial charge in [-0.15, -0.1) is 0 Å². The van der Waals surface area contributed by atoms with Gasteiger partial charge in [-0.3, -0.25) is 4.79 Å². The number of hydrogen-bond donors (Lipinski definition) is 2.